The highest BCUT2D eigenvalue weighted by Gasteiger charge is 2.35. The number of hydrogen-bond acceptors (Lipinski definition) is 4. The predicted octanol–water partition coefficient (Wildman–Crippen LogP) is 6.75. The first-order valence-corrected chi connectivity index (χ1v) is 12.3. The van der Waals surface area contributed by atoms with Crippen LogP contribution in [-0.4, -0.2) is 27.6 Å². The zero-order valence-electron chi connectivity index (χ0n) is 20.5. The fourth-order valence-corrected chi connectivity index (χ4v) is 4.58. The third-order valence-electron chi connectivity index (χ3n) is 6.69. The van der Waals surface area contributed by atoms with Crippen LogP contribution in [-0.2, 0) is 6.42 Å². The molecular weight excluding hydrogens is 472 g/mol. The number of benzene rings is 3. The number of amides is 2. The number of carbonyl (C=O) groups is 1. The quantitative estimate of drug-likeness (QED) is 0.319. The van der Waals surface area contributed by atoms with E-state index in [1.165, 1.54) is 11.1 Å². The lowest BCUT2D eigenvalue weighted by Gasteiger charge is -2.35. The molecule has 36 heavy (non-hydrogen) atoms. The van der Waals surface area contributed by atoms with Crippen molar-refractivity contribution in [2.45, 2.75) is 33.2 Å². The van der Waals surface area contributed by atoms with Gasteiger partial charge in [0.1, 0.15) is 0 Å². The lowest BCUT2D eigenvalue weighted by Crippen LogP contribution is -2.46. The second kappa shape index (κ2) is 9.99. The van der Waals surface area contributed by atoms with Gasteiger partial charge in [-0.25, -0.2) is 4.79 Å². The third kappa shape index (κ3) is 4.77. The number of aromatic nitrogens is 2. The van der Waals surface area contributed by atoms with Crippen LogP contribution < -0.4 is 5.32 Å². The van der Waals surface area contributed by atoms with Crippen molar-refractivity contribution in [3.63, 3.8) is 0 Å². The summed E-state index contributed by atoms with van der Waals surface area (Å²) in [4.78, 5) is 19.8. The molecule has 0 fully saturated rings. The Labute approximate surface area is 215 Å². The van der Waals surface area contributed by atoms with Crippen molar-refractivity contribution in [3.05, 3.63) is 112 Å². The second-order valence-corrected chi connectivity index (χ2v) is 9.48. The topological polar surface area (TPSA) is 71.3 Å². The summed E-state index contributed by atoms with van der Waals surface area (Å²) >= 11 is 6.04. The third-order valence-corrected chi connectivity index (χ3v) is 6.94. The van der Waals surface area contributed by atoms with Gasteiger partial charge >= 0.3 is 6.03 Å². The number of halogens is 1. The molecule has 6 nitrogen and oxygen atoms in total. The Balaban J connectivity index is 1.56. The van der Waals surface area contributed by atoms with E-state index < -0.39 is 6.04 Å². The van der Waals surface area contributed by atoms with E-state index >= 15 is 0 Å². The summed E-state index contributed by atoms with van der Waals surface area (Å²) in [5.41, 5.74) is 6.86. The molecule has 1 aliphatic heterocycles. The van der Waals surface area contributed by atoms with E-state index in [-0.39, 0.29) is 6.03 Å². The van der Waals surface area contributed by atoms with Gasteiger partial charge in [0.2, 0.25) is 5.82 Å². The summed E-state index contributed by atoms with van der Waals surface area (Å²) in [6.45, 7) is 6.61. The molecule has 0 saturated heterocycles. The van der Waals surface area contributed by atoms with Crippen LogP contribution in [0.4, 0.5) is 4.79 Å². The predicted molar refractivity (Wildman–Crippen MR) is 141 cm³/mol. The normalized spacial score (nSPS) is 15.8. The summed E-state index contributed by atoms with van der Waals surface area (Å²) in [5.74, 6) is 0.846. The zero-order chi connectivity index (χ0) is 25.2. The molecule has 0 radical (unpaired) electrons. The van der Waals surface area contributed by atoms with Crippen molar-refractivity contribution in [1.29, 1.82) is 0 Å². The van der Waals surface area contributed by atoms with Gasteiger partial charge in [-0.3, -0.25) is 4.90 Å². The fourth-order valence-electron chi connectivity index (χ4n) is 4.46. The summed E-state index contributed by atoms with van der Waals surface area (Å²) in [6, 6.07) is 23.1. The van der Waals surface area contributed by atoms with Crippen molar-refractivity contribution in [3.8, 4) is 11.4 Å². The molecule has 0 aliphatic carbocycles. The fraction of sp³-hybridized carbons (Fsp3) is 0.207. The molecule has 0 spiro atoms. The van der Waals surface area contributed by atoms with Crippen LogP contribution in [0.3, 0.4) is 0 Å². The minimum absolute atomic E-state index is 0.146. The largest absolute Gasteiger partial charge is 0.334 e. The van der Waals surface area contributed by atoms with Gasteiger partial charge in [0, 0.05) is 22.8 Å². The number of nitrogens with one attached hydrogen (secondary N) is 1. The van der Waals surface area contributed by atoms with E-state index in [0.29, 0.717) is 23.3 Å². The maximum atomic E-state index is 13.3. The molecule has 5 rings (SSSR count). The Hall–Kier alpha value is -3.90. The molecule has 1 aliphatic rings. The number of rotatable bonds is 6. The molecule has 182 valence electrons. The monoisotopic (exact) mass is 498 g/mol. The minimum atomic E-state index is -0.414. The number of hydrogen-bond donors (Lipinski definition) is 1. The van der Waals surface area contributed by atoms with Crippen LogP contribution in [0, 0.1) is 13.8 Å². The SMILES string of the molecule is CC1=C(c2nc(-c3ccc(Cl)cc3)no2)C(c2ccc(C)c(C)c2)NC(=O)N1CCc1ccccc1. The van der Waals surface area contributed by atoms with Gasteiger partial charge in [-0.1, -0.05) is 65.3 Å². The Morgan fingerprint density at radius 1 is 0.972 bits per heavy atom. The Bertz CT molecular complexity index is 1430. The van der Waals surface area contributed by atoms with E-state index in [1.54, 1.807) is 17.0 Å². The molecule has 1 aromatic heterocycles. The number of aryl methyl sites for hydroxylation is 2. The van der Waals surface area contributed by atoms with Gasteiger partial charge < -0.3 is 9.84 Å². The zero-order valence-corrected chi connectivity index (χ0v) is 21.2. The minimum Gasteiger partial charge on any atom is -0.334 e. The van der Waals surface area contributed by atoms with Crippen LogP contribution in [0.2, 0.25) is 5.02 Å². The van der Waals surface area contributed by atoms with Gasteiger partial charge in [0.15, 0.2) is 0 Å². The van der Waals surface area contributed by atoms with E-state index in [2.05, 4.69) is 48.6 Å². The number of urea groups is 1. The van der Waals surface area contributed by atoms with Gasteiger partial charge in [-0.05, 0) is 73.7 Å². The first kappa shape index (κ1) is 23.8. The van der Waals surface area contributed by atoms with Crippen molar-refractivity contribution in [1.82, 2.24) is 20.4 Å². The first-order valence-electron chi connectivity index (χ1n) is 11.9. The van der Waals surface area contributed by atoms with Crippen molar-refractivity contribution < 1.29 is 9.32 Å². The Morgan fingerprint density at radius 2 is 1.72 bits per heavy atom. The molecule has 2 heterocycles. The number of carbonyl (C=O) groups excluding carboxylic acids is 1. The highest BCUT2D eigenvalue weighted by Crippen LogP contribution is 2.38. The van der Waals surface area contributed by atoms with Gasteiger partial charge in [-0.2, -0.15) is 4.98 Å². The summed E-state index contributed by atoms with van der Waals surface area (Å²) < 4.78 is 5.78. The molecule has 1 atom stereocenters. The number of allylic oxidation sites excluding steroid dienone is 1. The Kier molecular flexibility index (Phi) is 6.61. The van der Waals surface area contributed by atoms with Crippen LogP contribution >= 0.6 is 11.6 Å². The van der Waals surface area contributed by atoms with Crippen molar-refractivity contribution in [2.24, 2.45) is 0 Å². The van der Waals surface area contributed by atoms with Gasteiger partial charge in [0.05, 0.1) is 11.6 Å². The summed E-state index contributed by atoms with van der Waals surface area (Å²) in [5, 5.41) is 8.05. The molecule has 7 heteroatoms. The second-order valence-electron chi connectivity index (χ2n) is 9.04. The lowest BCUT2D eigenvalue weighted by molar-refractivity contribution is 0.205. The molecule has 0 saturated carbocycles. The maximum absolute atomic E-state index is 13.3. The summed E-state index contributed by atoms with van der Waals surface area (Å²) in [7, 11) is 0. The standard InChI is InChI=1S/C29H27ClN4O2/c1-18-9-10-23(17-19(18)2)26-25(28-32-27(33-36-28)22-11-13-24(30)14-12-22)20(3)34(29(35)31-26)16-15-21-7-5-4-6-8-21/h4-14,17,26H,15-16H2,1-3H3,(H,31,35). The maximum Gasteiger partial charge on any atom is 0.322 e. The average molecular weight is 499 g/mol. The van der Waals surface area contributed by atoms with E-state index in [9.17, 15) is 4.79 Å². The van der Waals surface area contributed by atoms with Crippen LogP contribution in [0.5, 0.6) is 0 Å². The van der Waals surface area contributed by atoms with Crippen molar-refractivity contribution >= 4 is 23.2 Å². The molecular formula is C29H27ClN4O2. The highest BCUT2D eigenvalue weighted by atomic mass is 35.5. The first-order chi connectivity index (χ1) is 17.4. The molecule has 3 aromatic carbocycles. The molecule has 1 N–H and O–H groups in total. The average Bonchev–Trinajstić information content (AvgIpc) is 3.36. The smallest absolute Gasteiger partial charge is 0.322 e. The van der Waals surface area contributed by atoms with Crippen molar-refractivity contribution in [2.75, 3.05) is 6.54 Å². The van der Waals surface area contributed by atoms with Gasteiger partial charge in [0.25, 0.3) is 5.89 Å². The summed E-state index contributed by atoms with van der Waals surface area (Å²) in [6.07, 6.45) is 0.729. The van der Waals surface area contributed by atoms with Gasteiger partial charge in [-0.15, -0.1) is 0 Å². The highest BCUT2D eigenvalue weighted by molar-refractivity contribution is 6.30. The van der Waals surface area contributed by atoms with Crippen LogP contribution in [0.15, 0.2) is 83.0 Å². The Morgan fingerprint density at radius 3 is 2.44 bits per heavy atom. The lowest BCUT2D eigenvalue weighted by atomic mass is 9.92. The molecule has 4 aromatic rings. The molecule has 1 unspecified atom stereocenters. The van der Waals surface area contributed by atoms with E-state index in [1.807, 2.05) is 43.3 Å². The molecule has 2 amide bonds. The van der Waals surface area contributed by atoms with Crippen LogP contribution in [0.1, 0.15) is 41.1 Å². The molecule has 0 bridgehead atoms. The van der Waals surface area contributed by atoms with E-state index in [0.717, 1.165) is 34.4 Å². The van der Waals surface area contributed by atoms with E-state index in [4.69, 9.17) is 21.1 Å². The van der Waals surface area contributed by atoms with Crippen LogP contribution in [0.25, 0.3) is 17.0 Å². The number of nitrogens with zero attached hydrogens (tertiary/aromatic N) is 3.